The van der Waals surface area contributed by atoms with Crippen LogP contribution in [-0.2, 0) is 4.79 Å². The molecule has 8 heteroatoms. The highest BCUT2D eigenvalue weighted by Gasteiger charge is 2.24. The zero-order valence-corrected chi connectivity index (χ0v) is 13.7. The van der Waals surface area contributed by atoms with Crippen LogP contribution in [0.1, 0.15) is 5.56 Å². The van der Waals surface area contributed by atoms with Crippen molar-refractivity contribution in [3.8, 4) is 0 Å². The van der Waals surface area contributed by atoms with Gasteiger partial charge >= 0.3 is 0 Å². The first-order valence-corrected chi connectivity index (χ1v) is 8.01. The molecule has 1 heterocycles. The van der Waals surface area contributed by atoms with E-state index in [-0.39, 0.29) is 16.6 Å². The van der Waals surface area contributed by atoms with E-state index in [0.717, 1.165) is 5.69 Å². The number of carbonyl (C=O) groups is 1. The first-order chi connectivity index (χ1) is 11.5. The SMILES string of the molecule is O=C1NC(=Nc2ccccc2)SC1=Cc1ccc(Cl)c([N+](=O)[O-])c1. The van der Waals surface area contributed by atoms with Crippen LogP contribution in [0.2, 0.25) is 5.02 Å². The second-order valence-corrected chi connectivity index (χ2v) is 6.22. The van der Waals surface area contributed by atoms with Gasteiger partial charge in [0.05, 0.1) is 15.5 Å². The van der Waals surface area contributed by atoms with Crippen molar-refractivity contribution in [1.29, 1.82) is 0 Å². The van der Waals surface area contributed by atoms with Crippen LogP contribution in [0.25, 0.3) is 6.08 Å². The van der Waals surface area contributed by atoms with E-state index in [0.29, 0.717) is 15.6 Å². The minimum absolute atomic E-state index is 0.0528. The Morgan fingerprint density at radius 1 is 1.21 bits per heavy atom. The van der Waals surface area contributed by atoms with Gasteiger partial charge in [0, 0.05) is 6.07 Å². The van der Waals surface area contributed by atoms with E-state index in [9.17, 15) is 14.9 Å². The van der Waals surface area contributed by atoms with Crippen molar-refractivity contribution in [2.24, 2.45) is 4.99 Å². The topological polar surface area (TPSA) is 84.6 Å². The number of nitro benzene ring substituents is 1. The van der Waals surface area contributed by atoms with Crippen molar-refractivity contribution in [3.63, 3.8) is 0 Å². The molecule has 120 valence electrons. The summed E-state index contributed by atoms with van der Waals surface area (Å²) in [5.41, 5.74) is 1.04. The third-order valence-electron chi connectivity index (χ3n) is 3.10. The Balaban J connectivity index is 1.87. The highest BCUT2D eigenvalue weighted by atomic mass is 35.5. The number of nitro groups is 1. The summed E-state index contributed by atoms with van der Waals surface area (Å²) in [5.74, 6) is -0.299. The number of hydrogen-bond donors (Lipinski definition) is 1. The van der Waals surface area contributed by atoms with Gasteiger partial charge in [-0.25, -0.2) is 4.99 Å². The predicted octanol–water partition coefficient (Wildman–Crippen LogP) is 4.14. The van der Waals surface area contributed by atoms with Crippen molar-refractivity contribution in [3.05, 3.63) is 74.1 Å². The molecule has 1 aliphatic rings. The van der Waals surface area contributed by atoms with E-state index in [4.69, 9.17) is 11.6 Å². The highest BCUT2D eigenvalue weighted by Crippen LogP contribution is 2.30. The summed E-state index contributed by atoms with van der Waals surface area (Å²) in [6.07, 6.45) is 1.57. The Morgan fingerprint density at radius 3 is 2.67 bits per heavy atom. The second kappa shape index (κ2) is 6.86. The van der Waals surface area contributed by atoms with Crippen LogP contribution in [0.15, 0.2) is 58.4 Å². The number of halogens is 1. The molecule has 1 N–H and O–H groups in total. The smallest absolute Gasteiger partial charge is 0.288 e. The quantitative estimate of drug-likeness (QED) is 0.507. The van der Waals surface area contributed by atoms with Crippen molar-refractivity contribution in [2.45, 2.75) is 0 Å². The number of benzene rings is 2. The Bertz CT molecular complexity index is 881. The molecular formula is C16H10ClN3O3S. The minimum atomic E-state index is -0.561. The predicted molar refractivity (Wildman–Crippen MR) is 95.4 cm³/mol. The van der Waals surface area contributed by atoms with E-state index in [1.807, 2.05) is 30.3 Å². The number of amides is 1. The molecule has 0 aromatic heterocycles. The summed E-state index contributed by atoms with van der Waals surface area (Å²) in [6.45, 7) is 0. The third kappa shape index (κ3) is 3.64. The lowest BCUT2D eigenvalue weighted by Gasteiger charge is -1.98. The van der Waals surface area contributed by atoms with Gasteiger partial charge in [0.2, 0.25) is 0 Å². The van der Waals surface area contributed by atoms with Crippen LogP contribution in [0.4, 0.5) is 11.4 Å². The first kappa shape index (κ1) is 16.2. The molecule has 0 unspecified atom stereocenters. The molecule has 1 saturated heterocycles. The zero-order valence-electron chi connectivity index (χ0n) is 12.1. The van der Waals surface area contributed by atoms with Crippen molar-refractivity contribution in [2.75, 3.05) is 0 Å². The fourth-order valence-electron chi connectivity index (χ4n) is 2.01. The Kier molecular flexibility index (Phi) is 4.64. The van der Waals surface area contributed by atoms with Crippen molar-refractivity contribution < 1.29 is 9.72 Å². The van der Waals surface area contributed by atoms with Crippen LogP contribution in [0.3, 0.4) is 0 Å². The van der Waals surface area contributed by atoms with Gasteiger partial charge in [-0.1, -0.05) is 35.9 Å². The van der Waals surface area contributed by atoms with Gasteiger partial charge in [-0.05, 0) is 41.6 Å². The van der Waals surface area contributed by atoms with Gasteiger partial charge < -0.3 is 5.32 Å². The monoisotopic (exact) mass is 359 g/mol. The van der Waals surface area contributed by atoms with Crippen LogP contribution < -0.4 is 5.32 Å². The Labute approximate surface area is 146 Å². The Morgan fingerprint density at radius 2 is 1.96 bits per heavy atom. The van der Waals surface area contributed by atoms with E-state index < -0.39 is 4.92 Å². The average Bonchev–Trinajstić information content (AvgIpc) is 2.89. The molecule has 24 heavy (non-hydrogen) atoms. The summed E-state index contributed by atoms with van der Waals surface area (Å²) < 4.78 is 0. The van der Waals surface area contributed by atoms with E-state index in [1.54, 1.807) is 12.1 Å². The summed E-state index contributed by atoms with van der Waals surface area (Å²) in [4.78, 5) is 27.1. The lowest BCUT2D eigenvalue weighted by atomic mass is 10.2. The van der Waals surface area contributed by atoms with Gasteiger partial charge in [-0.3, -0.25) is 14.9 Å². The van der Waals surface area contributed by atoms with E-state index >= 15 is 0 Å². The van der Waals surface area contributed by atoms with Crippen LogP contribution in [0, 0.1) is 10.1 Å². The third-order valence-corrected chi connectivity index (χ3v) is 4.33. The molecule has 0 radical (unpaired) electrons. The molecule has 1 fully saturated rings. The lowest BCUT2D eigenvalue weighted by molar-refractivity contribution is -0.384. The fourth-order valence-corrected chi connectivity index (χ4v) is 3.04. The lowest BCUT2D eigenvalue weighted by Crippen LogP contribution is -2.19. The molecule has 6 nitrogen and oxygen atoms in total. The molecule has 2 aromatic carbocycles. The second-order valence-electron chi connectivity index (χ2n) is 4.79. The number of hydrogen-bond acceptors (Lipinski definition) is 5. The maximum atomic E-state index is 12.0. The number of aliphatic imine (C=N–C) groups is 1. The summed E-state index contributed by atoms with van der Waals surface area (Å²) in [5, 5.41) is 14.1. The van der Waals surface area contributed by atoms with Gasteiger partial charge in [0.15, 0.2) is 5.17 Å². The molecule has 0 aliphatic carbocycles. The number of rotatable bonds is 3. The van der Waals surface area contributed by atoms with E-state index in [1.165, 1.54) is 23.9 Å². The average molecular weight is 360 g/mol. The van der Waals surface area contributed by atoms with Crippen LogP contribution in [-0.4, -0.2) is 16.0 Å². The first-order valence-electron chi connectivity index (χ1n) is 6.81. The normalized spacial score (nSPS) is 17.3. The largest absolute Gasteiger partial charge is 0.300 e. The van der Waals surface area contributed by atoms with Crippen molar-refractivity contribution in [1.82, 2.24) is 5.32 Å². The highest BCUT2D eigenvalue weighted by molar-refractivity contribution is 8.18. The number of nitrogens with one attached hydrogen (secondary N) is 1. The van der Waals surface area contributed by atoms with Crippen LogP contribution >= 0.6 is 23.4 Å². The number of amidine groups is 1. The molecule has 0 spiro atoms. The molecular weight excluding hydrogens is 350 g/mol. The molecule has 1 aliphatic heterocycles. The molecule has 3 rings (SSSR count). The minimum Gasteiger partial charge on any atom is -0.300 e. The fraction of sp³-hybridized carbons (Fsp3) is 0. The maximum Gasteiger partial charge on any atom is 0.288 e. The van der Waals surface area contributed by atoms with Gasteiger partial charge in [-0.15, -0.1) is 0 Å². The summed E-state index contributed by atoms with van der Waals surface area (Å²) in [7, 11) is 0. The molecule has 1 amide bonds. The van der Waals surface area contributed by atoms with Gasteiger partial charge in [-0.2, -0.15) is 0 Å². The van der Waals surface area contributed by atoms with Crippen LogP contribution in [0.5, 0.6) is 0 Å². The van der Waals surface area contributed by atoms with Gasteiger partial charge in [0.25, 0.3) is 11.6 Å². The zero-order chi connectivity index (χ0) is 17.1. The standard InChI is InChI=1S/C16H10ClN3O3S/c17-12-7-6-10(8-13(12)20(22)23)9-14-15(21)19-16(24-14)18-11-4-2-1-3-5-11/h1-9H,(H,18,19,21). The number of para-hydroxylation sites is 1. The number of thioether (sulfide) groups is 1. The molecule has 2 aromatic rings. The van der Waals surface area contributed by atoms with Gasteiger partial charge in [0.1, 0.15) is 5.02 Å². The maximum absolute atomic E-state index is 12.0. The Hall–Kier alpha value is -2.64. The summed E-state index contributed by atoms with van der Waals surface area (Å²) >= 11 is 6.96. The number of nitrogens with zero attached hydrogens (tertiary/aromatic N) is 2. The van der Waals surface area contributed by atoms with E-state index in [2.05, 4.69) is 10.3 Å². The summed E-state index contributed by atoms with van der Waals surface area (Å²) in [6, 6.07) is 13.6. The molecule has 0 saturated carbocycles. The molecule has 0 atom stereocenters. The molecule has 0 bridgehead atoms. The van der Waals surface area contributed by atoms with Crippen molar-refractivity contribution >= 4 is 51.9 Å². The number of carbonyl (C=O) groups excluding carboxylic acids is 1.